The first-order valence-corrected chi connectivity index (χ1v) is 7.79. The fourth-order valence-corrected chi connectivity index (χ4v) is 2.60. The van der Waals surface area contributed by atoms with E-state index in [4.69, 9.17) is 0 Å². The van der Waals surface area contributed by atoms with Gasteiger partial charge in [0.1, 0.15) is 12.1 Å². The molecule has 1 rings (SSSR count). The maximum absolute atomic E-state index is 12.7. The van der Waals surface area contributed by atoms with E-state index in [1.165, 1.54) is 11.8 Å². The maximum atomic E-state index is 12.7. The fourth-order valence-electron chi connectivity index (χ4n) is 2.60. The molecule has 1 aliphatic heterocycles. The molecule has 2 unspecified atom stereocenters. The summed E-state index contributed by atoms with van der Waals surface area (Å²) in [6.07, 6.45) is 2.15. The molecule has 3 N–H and O–H groups in total. The second kappa shape index (κ2) is 7.58. The second-order valence-corrected chi connectivity index (χ2v) is 5.99. The number of nitrogens with one attached hydrogen (secondary N) is 1. The van der Waals surface area contributed by atoms with E-state index in [0.29, 0.717) is 25.8 Å². The summed E-state index contributed by atoms with van der Waals surface area (Å²) < 4.78 is 0. The molecule has 7 heteroatoms. The first kappa shape index (κ1) is 18.4. The molecule has 0 spiro atoms. The molecule has 1 heterocycles. The second-order valence-electron chi connectivity index (χ2n) is 5.99. The summed E-state index contributed by atoms with van der Waals surface area (Å²) in [6.45, 7) is 5.36. The maximum Gasteiger partial charge on any atom is 0.326 e. The van der Waals surface area contributed by atoms with Crippen LogP contribution >= 0.6 is 0 Å². The molecule has 0 bridgehead atoms. The lowest BCUT2D eigenvalue weighted by Gasteiger charge is -2.35. The first-order valence-electron chi connectivity index (χ1n) is 7.79. The largest absolute Gasteiger partial charge is 0.480 e. The number of aliphatic hydroxyl groups is 1. The van der Waals surface area contributed by atoms with Crippen LogP contribution in [0.25, 0.3) is 0 Å². The normalized spacial score (nSPS) is 22.0. The van der Waals surface area contributed by atoms with Gasteiger partial charge in [0.05, 0.1) is 5.60 Å². The van der Waals surface area contributed by atoms with Gasteiger partial charge in [0.25, 0.3) is 0 Å². The summed E-state index contributed by atoms with van der Waals surface area (Å²) in [4.78, 5) is 37.0. The van der Waals surface area contributed by atoms with Crippen molar-refractivity contribution in [1.82, 2.24) is 10.2 Å². The zero-order valence-electron chi connectivity index (χ0n) is 13.5. The Balaban J connectivity index is 2.97. The van der Waals surface area contributed by atoms with E-state index < -0.39 is 29.6 Å². The van der Waals surface area contributed by atoms with Crippen molar-refractivity contribution in [1.29, 1.82) is 0 Å². The van der Waals surface area contributed by atoms with Crippen molar-refractivity contribution >= 4 is 17.8 Å². The van der Waals surface area contributed by atoms with Gasteiger partial charge in [-0.15, -0.1) is 0 Å². The summed E-state index contributed by atoms with van der Waals surface area (Å²) in [5.41, 5.74) is -1.42. The molecule has 1 aliphatic rings. The molecule has 126 valence electrons. The Morgan fingerprint density at radius 3 is 2.50 bits per heavy atom. The third-order valence-corrected chi connectivity index (χ3v) is 4.19. The number of nitrogens with zero attached hydrogens (tertiary/aromatic N) is 1. The predicted molar refractivity (Wildman–Crippen MR) is 80.1 cm³/mol. The zero-order valence-corrected chi connectivity index (χ0v) is 13.5. The van der Waals surface area contributed by atoms with Crippen LogP contribution in [-0.4, -0.2) is 57.1 Å². The molecule has 0 aliphatic carbocycles. The molecule has 1 fully saturated rings. The van der Waals surface area contributed by atoms with Crippen molar-refractivity contribution in [2.45, 2.75) is 70.6 Å². The summed E-state index contributed by atoms with van der Waals surface area (Å²) in [6, 6.07) is -2.01. The molecule has 2 amide bonds. The highest BCUT2D eigenvalue weighted by atomic mass is 16.4. The molecule has 3 atom stereocenters. The van der Waals surface area contributed by atoms with E-state index in [-0.39, 0.29) is 18.7 Å². The van der Waals surface area contributed by atoms with E-state index >= 15 is 0 Å². The number of carboxylic acids is 1. The van der Waals surface area contributed by atoms with Crippen molar-refractivity contribution in [3.63, 3.8) is 0 Å². The summed E-state index contributed by atoms with van der Waals surface area (Å²) in [5.74, 6) is -1.90. The Morgan fingerprint density at radius 2 is 2.00 bits per heavy atom. The molecule has 1 saturated heterocycles. The lowest BCUT2D eigenvalue weighted by Crippen LogP contribution is -2.60. The van der Waals surface area contributed by atoms with Crippen LogP contribution in [-0.2, 0) is 14.4 Å². The molecule has 7 nitrogen and oxygen atoms in total. The van der Waals surface area contributed by atoms with Crippen LogP contribution in [0.15, 0.2) is 0 Å². The summed E-state index contributed by atoms with van der Waals surface area (Å²) >= 11 is 0. The quantitative estimate of drug-likeness (QED) is 0.634. The van der Waals surface area contributed by atoms with E-state index in [0.717, 1.165) is 0 Å². The van der Waals surface area contributed by atoms with Crippen LogP contribution in [0, 0.1) is 0 Å². The van der Waals surface area contributed by atoms with Crippen LogP contribution in [0.4, 0.5) is 0 Å². The molecular formula is C15H26N2O5. The van der Waals surface area contributed by atoms with Gasteiger partial charge >= 0.3 is 5.97 Å². The molecule has 0 aromatic rings. The molecule has 0 saturated carbocycles. The van der Waals surface area contributed by atoms with Crippen molar-refractivity contribution < 1.29 is 24.6 Å². The van der Waals surface area contributed by atoms with Gasteiger partial charge in [-0.1, -0.05) is 13.8 Å². The molecular weight excluding hydrogens is 288 g/mol. The Bertz CT molecular complexity index is 436. The average molecular weight is 314 g/mol. The fraction of sp³-hybridized carbons (Fsp3) is 0.800. The number of rotatable bonds is 7. The molecule has 0 aromatic carbocycles. The lowest BCUT2D eigenvalue weighted by molar-refractivity contribution is -0.153. The summed E-state index contributed by atoms with van der Waals surface area (Å²) in [7, 11) is 0. The minimum absolute atomic E-state index is 0.256. The van der Waals surface area contributed by atoms with Crippen LogP contribution in [0.2, 0.25) is 0 Å². The topological polar surface area (TPSA) is 107 Å². The lowest BCUT2D eigenvalue weighted by atomic mass is 9.91. The van der Waals surface area contributed by atoms with E-state index in [9.17, 15) is 24.6 Å². The Hall–Kier alpha value is -1.63. The van der Waals surface area contributed by atoms with E-state index in [1.54, 1.807) is 6.92 Å². The van der Waals surface area contributed by atoms with Gasteiger partial charge in [0.15, 0.2) is 0 Å². The predicted octanol–water partition coefficient (Wildman–Crippen LogP) is 0.508. The van der Waals surface area contributed by atoms with Crippen molar-refractivity contribution in [2.75, 3.05) is 6.54 Å². The number of likely N-dealkylation sites (tertiary alicyclic amines) is 1. The molecule has 0 radical (unpaired) electrons. The number of aliphatic carboxylic acids is 1. The van der Waals surface area contributed by atoms with Crippen LogP contribution in [0.5, 0.6) is 0 Å². The number of hydrogen-bond acceptors (Lipinski definition) is 4. The van der Waals surface area contributed by atoms with E-state index in [2.05, 4.69) is 5.32 Å². The Kier molecular flexibility index (Phi) is 6.34. The Labute approximate surface area is 130 Å². The molecule has 0 aromatic heterocycles. The van der Waals surface area contributed by atoms with Gasteiger partial charge in [0, 0.05) is 13.0 Å². The van der Waals surface area contributed by atoms with Gasteiger partial charge in [0.2, 0.25) is 11.8 Å². The minimum Gasteiger partial charge on any atom is -0.480 e. The number of carbonyl (C=O) groups excluding carboxylic acids is 2. The smallest absolute Gasteiger partial charge is 0.326 e. The van der Waals surface area contributed by atoms with Gasteiger partial charge in [-0.05, 0) is 32.6 Å². The van der Waals surface area contributed by atoms with Gasteiger partial charge in [-0.25, -0.2) is 4.79 Å². The number of amides is 2. The SMILES string of the molecule is CCCC(=O)NC(C(=O)N1CCC[C@H]1C(=O)O)C(C)(O)CC. The molecule has 22 heavy (non-hydrogen) atoms. The van der Waals surface area contributed by atoms with Crippen LogP contribution in [0.3, 0.4) is 0 Å². The van der Waals surface area contributed by atoms with Crippen LogP contribution in [0.1, 0.15) is 52.9 Å². The van der Waals surface area contributed by atoms with E-state index in [1.807, 2.05) is 6.92 Å². The van der Waals surface area contributed by atoms with Crippen molar-refractivity contribution in [3.8, 4) is 0 Å². The minimum atomic E-state index is -1.42. The zero-order chi connectivity index (χ0) is 16.9. The Morgan fingerprint density at radius 1 is 1.36 bits per heavy atom. The van der Waals surface area contributed by atoms with Gasteiger partial charge in [-0.2, -0.15) is 0 Å². The number of hydrogen-bond donors (Lipinski definition) is 3. The van der Waals surface area contributed by atoms with Gasteiger partial charge in [-0.3, -0.25) is 9.59 Å². The average Bonchev–Trinajstić information content (AvgIpc) is 2.93. The first-order chi connectivity index (χ1) is 10.2. The standard InChI is InChI=1S/C15H26N2O5/c1-4-7-11(18)16-12(15(3,22)5-2)13(19)17-9-6-8-10(17)14(20)21/h10,12,22H,4-9H2,1-3H3,(H,16,18)(H,20,21)/t10-,12?,15?/m0/s1. The third kappa shape index (κ3) is 4.19. The van der Waals surface area contributed by atoms with Crippen molar-refractivity contribution in [3.05, 3.63) is 0 Å². The highest BCUT2D eigenvalue weighted by Crippen LogP contribution is 2.23. The number of carbonyl (C=O) groups is 3. The number of carboxylic acid groups (broad SMARTS) is 1. The highest BCUT2D eigenvalue weighted by Gasteiger charge is 2.44. The highest BCUT2D eigenvalue weighted by molar-refractivity contribution is 5.91. The summed E-state index contributed by atoms with van der Waals surface area (Å²) in [5, 5.41) is 22.2. The van der Waals surface area contributed by atoms with Crippen molar-refractivity contribution in [2.24, 2.45) is 0 Å². The third-order valence-electron chi connectivity index (χ3n) is 4.19. The monoisotopic (exact) mass is 314 g/mol. The van der Waals surface area contributed by atoms with Gasteiger partial charge < -0.3 is 20.4 Å². The van der Waals surface area contributed by atoms with Crippen LogP contribution < -0.4 is 5.32 Å².